The van der Waals surface area contributed by atoms with E-state index in [-0.39, 0.29) is 11.9 Å². The number of fused-ring (bicyclic) bond motifs is 2. The largest absolute Gasteiger partial charge is 0.450 e. The van der Waals surface area contributed by atoms with Crippen LogP contribution in [0.5, 0.6) is 0 Å². The molecule has 0 aliphatic carbocycles. The summed E-state index contributed by atoms with van der Waals surface area (Å²) in [6.07, 6.45) is 1.39. The quantitative estimate of drug-likeness (QED) is 0.526. The Labute approximate surface area is 173 Å². The van der Waals surface area contributed by atoms with Gasteiger partial charge in [0.05, 0.1) is 10.5 Å². The molecule has 0 radical (unpaired) electrons. The summed E-state index contributed by atoms with van der Waals surface area (Å²) in [5.74, 6) is -0.412. The van der Waals surface area contributed by atoms with E-state index in [1.165, 1.54) is 11.8 Å². The topological polar surface area (TPSA) is 59.0 Å². The van der Waals surface area contributed by atoms with Crippen LogP contribution in [0.1, 0.15) is 41.3 Å². The molecule has 0 saturated carbocycles. The van der Waals surface area contributed by atoms with E-state index in [1.54, 1.807) is 0 Å². The van der Waals surface area contributed by atoms with Crippen molar-refractivity contribution < 1.29 is 14.3 Å². The number of carbonyl (C=O) groups is 2. The number of aliphatic imine (C=N–C) groups is 1. The Bertz CT molecular complexity index is 1070. The molecular formula is C23H20N2O3S. The van der Waals surface area contributed by atoms with Crippen molar-refractivity contribution in [3.05, 3.63) is 76.2 Å². The van der Waals surface area contributed by atoms with Crippen molar-refractivity contribution in [3.8, 4) is 0 Å². The van der Waals surface area contributed by atoms with Crippen LogP contribution in [0.25, 0.3) is 5.57 Å². The van der Waals surface area contributed by atoms with Gasteiger partial charge in [0.1, 0.15) is 5.60 Å². The zero-order valence-corrected chi connectivity index (χ0v) is 16.9. The second kappa shape index (κ2) is 6.88. The summed E-state index contributed by atoms with van der Waals surface area (Å²) >= 11 is 1.44. The first kappa shape index (κ1) is 18.2. The Balaban J connectivity index is 1.33. The molecule has 3 aliphatic heterocycles. The predicted molar refractivity (Wildman–Crippen MR) is 113 cm³/mol. The van der Waals surface area contributed by atoms with Crippen LogP contribution in [0, 0.1) is 0 Å². The lowest BCUT2D eigenvalue weighted by molar-refractivity contribution is -0.113. The van der Waals surface area contributed by atoms with E-state index in [1.807, 2.05) is 61.5 Å². The van der Waals surface area contributed by atoms with E-state index >= 15 is 0 Å². The molecule has 5 rings (SSSR count). The van der Waals surface area contributed by atoms with Gasteiger partial charge in [0, 0.05) is 31.5 Å². The standard InChI is InChI=1S/C23H20N2O3S/c1-15(16-7-3-2-4-8-16)19-20(26)24-22(29-19)25-13-11-23(12-14-25)18-10-6-5-9-17(18)21(27)28-23/h2-10H,11-14H2,1H3. The number of carbonyl (C=O) groups excluding carboxylic acids is 2. The summed E-state index contributed by atoms with van der Waals surface area (Å²) < 4.78 is 5.82. The van der Waals surface area contributed by atoms with Crippen LogP contribution in [0.4, 0.5) is 0 Å². The van der Waals surface area contributed by atoms with Gasteiger partial charge in [0.25, 0.3) is 5.91 Å². The van der Waals surface area contributed by atoms with Gasteiger partial charge < -0.3 is 9.64 Å². The van der Waals surface area contributed by atoms with Crippen molar-refractivity contribution in [2.24, 2.45) is 4.99 Å². The van der Waals surface area contributed by atoms with Crippen LogP contribution in [0.15, 0.2) is 64.5 Å². The van der Waals surface area contributed by atoms with Gasteiger partial charge in [-0.2, -0.15) is 4.99 Å². The first-order valence-corrected chi connectivity index (χ1v) is 10.5. The fourth-order valence-corrected chi connectivity index (χ4v) is 5.29. The van der Waals surface area contributed by atoms with Gasteiger partial charge in [-0.1, -0.05) is 48.5 Å². The third kappa shape index (κ3) is 2.99. The van der Waals surface area contributed by atoms with Gasteiger partial charge in [-0.25, -0.2) is 4.79 Å². The number of amides is 1. The van der Waals surface area contributed by atoms with E-state index in [4.69, 9.17) is 4.74 Å². The number of nitrogens with zero attached hydrogens (tertiary/aromatic N) is 2. The first-order valence-electron chi connectivity index (χ1n) is 9.72. The highest BCUT2D eigenvalue weighted by Gasteiger charge is 2.47. The van der Waals surface area contributed by atoms with E-state index in [0.717, 1.165) is 21.9 Å². The molecule has 2 aromatic carbocycles. The van der Waals surface area contributed by atoms with Crippen molar-refractivity contribution in [2.45, 2.75) is 25.4 Å². The van der Waals surface area contributed by atoms with Crippen molar-refractivity contribution in [1.29, 1.82) is 0 Å². The number of hydrogen-bond donors (Lipinski definition) is 0. The van der Waals surface area contributed by atoms with Crippen LogP contribution in [0.2, 0.25) is 0 Å². The second-order valence-electron chi connectivity index (χ2n) is 7.54. The highest BCUT2D eigenvalue weighted by Crippen LogP contribution is 2.45. The van der Waals surface area contributed by atoms with Gasteiger partial charge in [0.2, 0.25) is 0 Å². The molecule has 1 saturated heterocycles. The zero-order chi connectivity index (χ0) is 20.0. The maximum absolute atomic E-state index is 12.5. The number of thioether (sulfide) groups is 1. The molecule has 3 heterocycles. The lowest BCUT2D eigenvalue weighted by atomic mass is 9.84. The molecule has 6 heteroatoms. The van der Waals surface area contributed by atoms with Gasteiger partial charge in [0.15, 0.2) is 5.17 Å². The highest BCUT2D eigenvalue weighted by molar-refractivity contribution is 8.18. The van der Waals surface area contributed by atoms with Crippen molar-refractivity contribution in [2.75, 3.05) is 13.1 Å². The average molecular weight is 404 g/mol. The molecular weight excluding hydrogens is 384 g/mol. The second-order valence-corrected chi connectivity index (χ2v) is 8.52. The molecule has 29 heavy (non-hydrogen) atoms. The van der Waals surface area contributed by atoms with Gasteiger partial charge in [-0.15, -0.1) is 0 Å². The van der Waals surface area contributed by atoms with E-state index in [9.17, 15) is 9.59 Å². The minimum absolute atomic E-state index is 0.177. The smallest absolute Gasteiger partial charge is 0.339 e. The van der Waals surface area contributed by atoms with Gasteiger partial charge in [-0.3, -0.25) is 4.79 Å². The fraction of sp³-hybridized carbons (Fsp3) is 0.261. The molecule has 3 aliphatic rings. The number of hydrogen-bond acceptors (Lipinski definition) is 5. The van der Waals surface area contributed by atoms with Crippen LogP contribution in [-0.4, -0.2) is 35.0 Å². The Morgan fingerprint density at radius 2 is 1.72 bits per heavy atom. The Kier molecular flexibility index (Phi) is 4.32. The molecule has 0 bridgehead atoms. The van der Waals surface area contributed by atoms with Crippen molar-refractivity contribution >= 4 is 34.4 Å². The molecule has 2 aromatic rings. The molecule has 146 valence electrons. The number of rotatable bonds is 1. The maximum atomic E-state index is 12.5. The summed E-state index contributed by atoms with van der Waals surface area (Å²) in [6.45, 7) is 3.35. The molecule has 1 spiro atoms. The van der Waals surface area contributed by atoms with Gasteiger partial charge in [-0.05, 0) is 35.9 Å². The minimum Gasteiger partial charge on any atom is -0.450 e. The monoisotopic (exact) mass is 404 g/mol. The van der Waals surface area contributed by atoms with E-state index in [2.05, 4.69) is 9.89 Å². The molecule has 0 atom stereocenters. The first-order chi connectivity index (χ1) is 14.1. The average Bonchev–Trinajstić information content (AvgIpc) is 3.27. The fourth-order valence-electron chi connectivity index (χ4n) is 4.26. The number of likely N-dealkylation sites (tertiary alicyclic amines) is 1. The minimum atomic E-state index is -0.545. The Hall–Kier alpha value is -2.86. The van der Waals surface area contributed by atoms with Crippen LogP contribution < -0.4 is 0 Å². The molecule has 5 nitrogen and oxygen atoms in total. The summed E-state index contributed by atoms with van der Waals surface area (Å²) in [7, 11) is 0. The molecule has 1 amide bonds. The van der Waals surface area contributed by atoms with Crippen molar-refractivity contribution in [3.63, 3.8) is 0 Å². The highest BCUT2D eigenvalue weighted by atomic mass is 32.2. The maximum Gasteiger partial charge on any atom is 0.339 e. The number of esters is 1. The van der Waals surface area contributed by atoms with E-state index < -0.39 is 5.60 Å². The zero-order valence-electron chi connectivity index (χ0n) is 16.1. The summed E-state index contributed by atoms with van der Waals surface area (Å²) in [5, 5.41) is 0.743. The number of ether oxygens (including phenoxy) is 1. The van der Waals surface area contributed by atoms with Crippen LogP contribution in [0.3, 0.4) is 0 Å². The molecule has 1 fully saturated rings. The van der Waals surface area contributed by atoms with Crippen LogP contribution in [-0.2, 0) is 15.1 Å². The third-order valence-electron chi connectivity index (χ3n) is 5.90. The molecule has 0 aromatic heterocycles. The lowest BCUT2D eigenvalue weighted by Gasteiger charge is -2.39. The molecule has 0 unspecified atom stereocenters. The van der Waals surface area contributed by atoms with Crippen molar-refractivity contribution in [1.82, 2.24) is 4.90 Å². The lowest BCUT2D eigenvalue weighted by Crippen LogP contribution is -2.44. The van der Waals surface area contributed by atoms with Crippen LogP contribution >= 0.6 is 11.8 Å². The number of amidine groups is 1. The number of benzene rings is 2. The Morgan fingerprint density at radius 3 is 2.48 bits per heavy atom. The summed E-state index contributed by atoms with van der Waals surface area (Å²) in [6, 6.07) is 17.6. The third-order valence-corrected chi connectivity index (χ3v) is 7.12. The number of allylic oxidation sites excluding steroid dienone is 1. The van der Waals surface area contributed by atoms with Gasteiger partial charge >= 0.3 is 5.97 Å². The normalized spacial score (nSPS) is 21.8. The SMILES string of the molecule is CC(=C1SC(N2CCC3(CC2)OC(=O)c2ccccc23)=NC1=O)c1ccccc1. The molecule has 0 N–H and O–H groups in total. The summed E-state index contributed by atoms with van der Waals surface area (Å²) in [4.78, 5) is 31.9. The number of piperidine rings is 1. The summed E-state index contributed by atoms with van der Waals surface area (Å²) in [5.41, 5.74) is 3.10. The van der Waals surface area contributed by atoms with E-state index in [0.29, 0.717) is 36.4 Å². The Morgan fingerprint density at radius 1 is 1.03 bits per heavy atom. The predicted octanol–water partition coefficient (Wildman–Crippen LogP) is 4.21.